The van der Waals surface area contributed by atoms with Crippen LogP contribution in [0.25, 0.3) is 0 Å². The average Bonchev–Trinajstić information content (AvgIpc) is 3.12. The van der Waals surface area contributed by atoms with E-state index in [0.717, 1.165) is 50.2 Å². The molecule has 1 saturated carbocycles. The number of carbonyl (C=O) groups excluding carboxylic acids is 1. The highest BCUT2D eigenvalue weighted by Gasteiger charge is 2.30. The topological polar surface area (TPSA) is 32.3 Å². The third-order valence-corrected chi connectivity index (χ3v) is 3.99. The van der Waals surface area contributed by atoms with Gasteiger partial charge in [0.15, 0.2) is 0 Å². The van der Waals surface area contributed by atoms with Gasteiger partial charge in [-0.05, 0) is 43.4 Å². The number of nitrogens with zero attached hydrogens (tertiary/aromatic N) is 1. The second kappa shape index (κ2) is 5.48. The van der Waals surface area contributed by atoms with E-state index in [1.54, 1.807) is 0 Å². The van der Waals surface area contributed by atoms with Crippen molar-refractivity contribution in [1.29, 1.82) is 0 Å². The minimum atomic E-state index is -0.684. The molecule has 0 bridgehead atoms. The smallest absolute Gasteiger partial charge is 0.254 e. The van der Waals surface area contributed by atoms with Crippen molar-refractivity contribution in [2.24, 2.45) is 5.92 Å². The summed E-state index contributed by atoms with van der Waals surface area (Å²) < 4.78 is 26.6. The molecule has 1 N–H and O–H groups in total. The molecule has 108 valence electrons. The van der Waals surface area contributed by atoms with E-state index in [2.05, 4.69) is 10.2 Å². The average molecular weight is 280 g/mol. The van der Waals surface area contributed by atoms with Crippen molar-refractivity contribution < 1.29 is 13.6 Å². The Morgan fingerprint density at radius 1 is 1.30 bits per heavy atom. The van der Waals surface area contributed by atoms with Gasteiger partial charge in [0, 0.05) is 25.7 Å². The predicted molar refractivity (Wildman–Crippen MR) is 71.4 cm³/mol. The second-order valence-corrected chi connectivity index (χ2v) is 5.79. The molecule has 0 spiro atoms. The van der Waals surface area contributed by atoms with Crippen molar-refractivity contribution in [3.63, 3.8) is 0 Å². The molecule has 0 radical (unpaired) electrons. The highest BCUT2D eigenvalue weighted by molar-refractivity contribution is 5.94. The van der Waals surface area contributed by atoms with Crippen LogP contribution in [-0.2, 0) is 0 Å². The molecule has 20 heavy (non-hydrogen) atoms. The van der Waals surface area contributed by atoms with Crippen molar-refractivity contribution in [1.82, 2.24) is 10.2 Å². The van der Waals surface area contributed by atoms with Gasteiger partial charge < -0.3 is 10.2 Å². The number of hydrogen-bond acceptors (Lipinski definition) is 2. The summed E-state index contributed by atoms with van der Waals surface area (Å²) in [6.07, 6.45) is 3.49. The predicted octanol–water partition coefficient (Wildman–Crippen LogP) is 2.18. The zero-order valence-corrected chi connectivity index (χ0v) is 11.2. The number of hydrogen-bond donors (Lipinski definition) is 1. The van der Waals surface area contributed by atoms with Gasteiger partial charge in [0.1, 0.15) is 11.6 Å². The minimum Gasteiger partial charge on any atom is -0.348 e. The normalized spacial score (nSPS) is 23.0. The first-order valence-electron chi connectivity index (χ1n) is 7.10. The zero-order chi connectivity index (χ0) is 14.1. The van der Waals surface area contributed by atoms with Gasteiger partial charge in [0.25, 0.3) is 5.91 Å². The minimum absolute atomic E-state index is 0.0314. The summed E-state index contributed by atoms with van der Waals surface area (Å²) in [5.74, 6) is -0.986. The number of amides is 1. The first-order valence-corrected chi connectivity index (χ1v) is 7.10. The quantitative estimate of drug-likeness (QED) is 0.917. The van der Waals surface area contributed by atoms with Gasteiger partial charge in [0.05, 0.1) is 5.56 Å². The fraction of sp³-hybridized carbons (Fsp3) is 0.533. The molecule has 5 heteroatoms. The molecule has 1 aromatic carbocycles. The summed E-state index contributed by atoms with van der Waals surface area (Å²) in [6, 6.07) is 2.97. The van der Waals surface area contributed by atoms with Gasteiger partial charge in [-0.1, -0.05) is 0 Å². The van der Waals surface area contributed by atoms with Crippen molar-refractivity contribution in [3.8, 4) is 0 Å². The molecule has 2 fully saturated rings. The van der Waals surface area contributed by atoms with Crippen LogP contribution in [0, 0.1) is 17.6 Å². The van der Waals surface area contributed by atoms with E-state index in [1.165, 1.54) is 12.8 Å². The maximum atomic E-state index is 13.5. The summed E-state index contributed by atoms with van der Waals surface area (Å²) in [5.41, 5.74) is -0.217. The van der Waals surface area contributed by atoms with Gasteiger partial charge in [-0.25, -0.2) is 8.78 Å². The maximum Gasteiger partial charge on any atom is 0.254 e. The van der Waals surface area contributed by atoms with Crippen LogP contribution >= 0.6 is 0 Å². The lowest BCUT2D eigenvalue weighted by Gasteiger charge is -2.16. The summed E-state index contributed by atoms with van der Waals surface area (Å²) in [7, 11) is 0. The molecular weight excluding hydrogens is 262 g/mol. The molecule has 1 aromatic rings. The number of likely N-dealkylation sites (tertiary alicyclic amines) is 1. The third kappa shape index (κ3) is 3.15. The van der Waals surface area contributed by atoms with E-state index in [9.17, 15) is 13.6 Å². The van der Waals surface area contributed by atoms with E-state index < -0.39 is 17.5 Å². The maximum absolute atomic E-state index is 13.5. The number of halogens is 2. The fourth-order valence-electron chi connectivity index (χ4n) is 2.72. The summed E-state index contributed by atoms with van der Waals surface area (Å²) in [6.45, 7) is 2.87. The van der Waals surface area contributed by atoms with Gasteiger partial charge in [-0.15, -0.1) is 0 Å². The SMILES string of the molecule is O=C(NC1CCN(CC2CC2)C1)c1cc(F)ccc1F. The monoisotopic (exact) mass is 280 g/mol. The second-order valence-electron chi connectivity index (χ2n) is 5.79. The first kappa shape index (κ1) is 13.5. The Balaban J connectivity index is 1.57. The zero-order valence-electron chi connectivity index (χ0n) is 11.2. The molecule has 0 aromatic heterocycles. The van der Waals surface area contributed by atoms with Gasteiger partial charge in [-0.2, -0.15) is 0 Å². The Hall–Kier alpha value is -1.49. The first-order chi connectivity index (χ1) is 9.61. The molecule has 1 unspecified atom stereocenters. The molecule has 1 amide bonds. The van der Waals surface area contributed by atoms with Crippen molar-refractivity contribution in [2.75, 3.05) is 19.6 Å². The molecule has 1 heterocycles. The lowest BCUT2D eigenvalue weighted by molar-refractivity contribution is 0.0933. The van der Waals surface area contributed by atoms with Crippen LogP contribution in [0.2, 0.25) is 0 Å². The van der Waals surface area contributed by atoms with Gasteiger partial charge in [0.2, 0.25) is 0 Å². The lowest BCUT2D eigenvalue weighted by atomic mass is 10.1. The van der Waals surface area contributed by atoms with Crippen LogP contribution in [0.1, 0.15) is 29.6 Å². The van der Waals surface area contributed by atoms with Crippen LogP contribution in [-0.4, -0.2) is 36.5 Å². The molecule has 3 rings (SSSR count). The molecule has 1 aliphatic heterocycles. The standard InChI is InChI=1S/C15H18F2N2O/c16-11-3-4-14(17)13(7-11)15(20)18-12-5-6-19(9-12)8-10-1-2-10/h3-4,7,10,12H,1-2,5-6,8-9H2,(H,18,20). The van der Waals surface area contributed by atoms with E-state index >= 15 is 0 Å². The Morgan fingerprint density at radius 2 is 2.10 bits per heavy atom. The van der Waals surface area contributed by atoms with Crippen LogP contribution < -0.4 is 5.32 Å². The van der Waals surface area contributed by atoms with Crippen LogP contribution in [0.15, 0.2) is 18.2 Å². The van der Waals surface area contributed by atoms with E-state index in [4.69, 9.17) is 0 Å². The number of carbonyl (C=O) groups is 1. The van der Waals surface area contributed by atoms with Crippen LogP contribution in [0.3, 0.4) is 0 Å². The summed E-state index contributed by atoms with van der Waals surface area (Å²) >= 11 is 0. The molecule has 1 saturated heterocycles. The number of benzene rings is 1. The highest BCUT2D eigenvalue weighted by Crippen LogP contribution is 2.30. The summed E-state index contributed by atoms with van der Waals surface area (Å²) in [4.78, 5) is 14.3. The van der Waals surface area contributed by atoms with Crippen molar-refractivity contribution in [2.45, 2.75) is 25.3 Å². The third-order valence-electron chi connectivity index (χ3n) is 3.99. The summed E-state index contributed by atoms with van der Waals surface area (Å²) in [5, 5.41) is 2.80. The lowest BCUT2D eigenvalue weighted by Crippen LogP contribution is -2.37. The van der Waals surface area contributed by atoms with Crippen LogP contribution in [0.5, 0.6) is 0 Å². The molecular formula is C15H18F2N2O. The Morgan fingerprint density at radius 3 is 2.85 bits per heavy atom. The van der Waals surface area contributed by atoms with E-state index in [-0.39, 0.29) is 11.6 Å². The Bertz CT molecular complexity index is 517. The molecule has 2 aliphatic rings. The van der Waals surface area contributed by atoms with Crippen LogP contribution in [0.4, 0.5) is 8.78 Å². The molecule has 1 atom stereocenters. The Labute approximate surface area is 117 Å². The number of nitrogens with one attached hydrogen (secondary N) is 1. The van der Waals surface area contributed by atoms with Gasteiger partial charge in [-0.3, -0.25) is 4.79 Å². The molecule has 3 nitrogen and oxygen atoms in total. The largest absolute Gasteiger partial charge is 0.348 e. The fourth-order valence-corrected chi connectivity index (χ4v) is 2.72. The molecule has 1 aliphatic carbocycles. The Kier molecular flexibility index (Phi) is 3.70. The van der Waals surface area contributed by atoms with E-state index in [1.807, 2.05) is 0 Å². The van der Waals surface area contributed by atoms with Crippen molar-refractivity contribution >= 4 is 5.91 Å². The highest BCUT2D eigenvalue weighted by atomic mass is 19.1. The van der Waals surface area contributed by atoms with E-state index in [0.29, 0.717) is 0 Å². The van der Waals surface area contributed by atoms with Gasteiger partial charge >= 0.3 is 0 Å². The number of rotatable bonds is 4. The van der Waals surface area contributed by atoms with Crippen molar-refractivity contribution in [3.05, 3.63) is 35.4 Å².